The van der Waals surface area contributed by atoms with E-state index < -0.39 is 29.7 Å². The Morgan fingerprint density at radius 2 is 2.23 bits per heavy atom. The molecule has 1 saturated carbocycles. The summed E-state index contributed by atoms with van der Waals surface area (Å²) in [4.78, 5) is 20.6. The number of carbonyl (C=O) groups excluding carboxylic acids is 1. The number of alkyl halides is 1. The fraction of sp³-hybridized carbons (Fsp3) is 0.300. The average Bonchev–Trinajstić information content (AvgIpc) is 3.12. The second-order valence-corrected chi connectivity index (χ2v) is 8.05. The van der Waals surface area contributed by atoms with Crippen molar-refractivity contribution in [3.05, 3.63) is 41.2 Å². The molecule has 1 aliphatic rings. The number of rotatable bonds is 5. The summed E-state index contributed by atoms with van der Waals surface area (Å²) in [6.45, 7) is 1.44. The topological polar surface area (TPSA) is 108 Å². The van der Waals surface area contributed by atoms with Gasteiger partial charge in [-0.2, -0.15) is 5.10 Å². The Labute approximate surface area is 179 Å². The SMILES string of the molecule is CC(CO)c1c(F)c(Cl)c(-c2cn3cc(NC(=O)[C@@H]4C[C@@H]4F)nc3cn2)c2cn[nH]c12. The van der Waals surface area contributed by atoms with Gasteiger partial charge in [-0.3, -0.25) is 14.9 Å². The first-order valence-corrected chi connectivity index (χ1v) is 10.0. The normalized spacial score (nSPS) is 19.1. The quantitative estimate of drug-likeness (QED) is 0.435. The molecule has 0 aliphatic heterocycles. The monoisotopic (exact) mass is 446 g/mol. The number of imidazole rings is 1. The Balaban J connectivity index is 1.58. The summed E-state index contributed by atoms with van der Waals surface area (Å²) in [5, 5.41) is 19.3. The van der Waals surface area contributed by atoms with Crippen molar-refractivity contribution in [2.75, 3.05) is 11.9 Å². The molecule has 31 heavy (non-hydrogen) atoms. The van der Waals surface area contributed by atoms with Crippen LogP contribution in [0.5, 0.6) is 0 Å². The van der Waals surface area contributed by atoms with Crippen LogP contribution in [0.15, 0.2) is 24.8 Å². The maximum absolute atomic E-state index is 15.2. The van der Waals surface area contributed by atoms with Gasteiger partial charge in [0.25, 0.3) is 0 Å². The van der Waals surface area contributed by atoms with Crippen LogP contribution in [0.3, 0.4) is 0 Å². The van der Waals surface area contributed by atoms with Gasteiger partial charge in [-0.1, -0.05) is 18.5 Å². The zero-order valence-electron chi connectivity index (χ0n) is 16.2. The molecule has 1 aliphatic carbocycles. The van der Waals surface area contributed by atoms with E-state index in [0.717, 1.165) is 0 Å². The molecule has 160 valence electrons. The Bertz CT molecular complexity index is 1340. The first-order chi connectivity index (χ1) is 14.9. The van der Waals surface area contributed by atoms with Gasteiger partial charge < -0.3 is 14.8 Å². The highest BCUT2D eigenvalue weighted by Crippen LogP contribution is 2.40. The standard InChI is InChI=1S/C20H17ClF2N6O2/c1-8(7-30)15-18(23)17(21)16(10-3-25-28-19(10)15)12-5-29-6-13(26-14(29)4-24-12)27-20(31)9-2-11(9)22/h3-6,8-9,11,30H,2,7H2,1H3,(H,25,28)(H,27,31)/t8?,9-,11+/m1/s1. The Morgan fingerprint density at radius 3 is 2.94 bits per heavy atom. The second-order valence-electron chi connectivity index (χ2n) is 7.67. The lowest BCUT2D eigenvalue weighted by Gasteiger charge is -2.15. The number of H-pyrrole nitrogens is 1. The molecule has 4 aromatic rings. The first-order valence-electron chi connectivity index (χ1n) is 9.63. The summed E-state index contributed by atoms with van der Waals surface area (Å²) in [5.41, 5.74) is 1.84. The van der Waals surface area contributed by atoms with Crippen molar-refractivity contribution in [1.29, 1.82) is 0 Å². The van der Waals surface area contributed by atoms with Crippen LogP contribution in [0.4, 0.5) is 14.6 Å². The van der Waals surface area contributed by atoms with Crippen molar-refractivity contribution in [3.63, 3.8) is 0 Å². The second kappa shape index (κ2) is 7.24. The lowest BCUT2D eigenvalue weighted by molar-refractivity contribution is -0.117. The van der Waals surface area contributed by atoms with Gasteiger partial charge in [0.2, 0.25) is 5.91 Å². The third-order valence-corrected chi connectivity index (χ3v) is 5.85. The summed E-state index contributed by atoms with van der Waals surface area (Å²) in [5.74, 6) is -1.92. The van der Waals surface area contributed by atoms with E-state index in [4.69, 9.17) is 11.6 Å². The van der Waals surface area contributed by atoms with Gasteiger partial charge in [-0.05, 0) is 6.42 Å². The minimum absolute atomic E-state index is 0.132. The molecule has 8 nitrogen and oxygen atoms in total. The molecule has 1 fully saturated rings. The fourth-order valence-corrected chi connectivity index (χ4v) is 3.98. The number of aliphatic hydroxyl groups is 1. The van der Waals surface area contributed by atoms with Crippen LogP contribution in [-0.4, -0.2) is 48.4 Å². The molecule has 1 aromatic carbocycles. The van der Waals surface area contributed by atoms with E-state index in [1.165, 1.54) is 12.4 Å². The number of carbonyl (C=O) groups is 1. The van der Waals surface area contributed by atoms with E-state index in [2.05, 4.69) is 25.5 Å². The summed E-state index contributed by atoms with van der Waals surface area (Å²) < 4.78 is 29.8. The van der Waals surface area contributed by atoms with Crippen LogP contribution < -0.4 is 5.32 Å². The van der Waals surface area contributed by atoms with E-state index in [1.807, 2.05) is 0 Å². The average molecular weight is 447 g/mol. The molecule has 3 aromatic heterocycles. The highest BCUT2D eigenvalue weighted by molar-refractivity contribution is 6.35. The van der Waals surface area contributed by atoms with Crippen LogP contribution in [0.25, 0.3) is 27.8 Å². The number of nitrogens with zero attached hydrogens (tertiary/aromatic N) is 4. The zero-order chi connectivity index (χ0) is 21.9. The Hall–Kier alpha value is -3.11. The summed E-state index contributed by atoms with van der Waals surface area (Å²) in [6, 6.07) is 0. The van der Waals surface area contributed by atoms with E-state index in [-0.39, 0.29) is 29.4 Å². The Morgan fingerprint density at radius 1 is 1.45 bits per heavy atom. The van der Waals surface area contributed by atoms with Crippen LogP contribution in [0, 0.1) is 11.7 Å². The van der Waals surface area contributed by atoms with Crippen LogP contribution >= 0.6 is 11.6 Å². The number of benzene rings is 1. The van der Waals surface area contributed by atoms with Crippen molar-refractivity contribution in [2.24, 2.45) is 5.92 Å². The number of aliphatic hydroxyl groups excluding tert-OH is 1. The minimum atomic E-state index is -1.10. The number of anilines is 1. The van der Waals surface area contributed by atoms with Crippen LogP contribution in [0.1, 0.15) is 24.8 Å². The molecule has 3 heterocycles. The van der Waals surface area contributed by atoms with E-state index >= 15 is 4.39 Å². The molecule has 3 N–H and O–H groups in total. The lowest BCUT2D eigenvalue weighted by atomic mass is 9.95. The number of hydrogen-bond donors (Lipinski definition) is 3. The molecule has 0 radical (unpaired) electrons. The predicted octanol–water partition coefficient (Wildman–Crippen LogP) is 3.46. The fourth-order valence-electron chi connectivity index (χ4n) is 3.68. The van der Waals surface area contributed by atoms with E-state index in [9.17, 15) is 14.3 Å². The minimum Gasteiger partial charge on any atom is -0.396 e. The van der Waals surface area contributed by atoms with E-state index in [1.54, 1.807) is 23.7 Å². The molecule has 1 amide bonds. The summed E-state index contributed by atoms with van der Waals surface area (Å²) >= 11 is 6.39. The van der Waals surface area contributed by atoms with Crippen molar-refractivity contribution in [1.82, 2.24) is 24.6 Å². The van der Waals surface area contributed by atoms with Crippen molar-refractivity contribution in [3.8, 4) is 11.3 Å². The number of aromatic amines is 1. The van der Waals surface area contributed by atoms with Gasteiger partial charge in [0.1, 0.15) is 12.0 Å². The third-order valence-electron chi connectivity index (χ3n) is 5.49. The number of hydrogen-bond acceptors (Lipinski definition) is 5. The smallest absolute Gasteiger partial charge is 0.231 e. The largest absolute Gasteiger partial charge is 0.396 e. The molecule has 11 heteroatoms. The number of amides is 1. The maximum Gasteiger partial charge on any atom is 0.231 e. The van der Waals surface area contributed by atoms with Gasteiger partial charge in [0.15, 0.2) is 11.5 Å². The van der Waals surface area contributed by atoms with Gasteiger partial charge in [-0.15, -0.1) is 0 Å². The summed E-state index contributed by atoms with van der Waals surface area (Å²) in [6.07, 6.45) is 5.28. The molecule has 3 atom stereocenters. The molecular formula is C20H17ClF2N6O2. The predicted molar refractivity (Wildman–Crippen MR) is 110 cm³/mol. The van der Waals surface area contributed by atoms with Crippen molar-refractivity contribution < 1.29 is 18.7 Å². The number of aromatic nitrogens is 5. The molecule has 5 rings (SSSR count). The molecule has 0 saturated heterocycles. The van der Waals surface area contributed by atoms with Crippen LogP contribution in [0.2, 0.25) is 5.02 Å². The van der Waals surface area contributed by atoms with Gasteiger partial charge in [-0.25, -0.2) is 13.8 Å². The number of fused-ring (bicyclic) bond motifs is 2. The van der Waals surface area contributed by atoms with Crippen molar-refractivity contribution >= 4 is 39.9 Å². The highest BCUT2D eigenvalue weighted by atomic mass is 35.5. The first kappa shape index (κ1) is 19.8. The maximum atomic E-state index is 15.2. The molecule has 1 unspecified atom stereocenters. The van der Waals surface area contributed by atoms with Crippen molar-refractivity contribution in [2.45, 2.75) is 25.4 Å². The van der Waals surface area contributed by atoms with Gasteiger partial charge in [0, 0.05) is 35.2 Å². The Kier molecular flexibility index (Phi) is 4.63. The molecule has 0 bridgehead atoms. The molecular weight excluding hydrogens is 430 g/mol. The third kappa shape index (κ3) is 3.22. The molecule has 0 spiro atoms. The van der Waals surface area contributed by atoms with E-state index in [0.29, 0.717) is 27.8 Å². The lowest BCUT2D eigenvalue weighted by Crippen LogP contribution is -2.15. The van der Waals surface area contributed by atoms with Gasteiger partial charge in [0.05, 0.1) is 40.7 Å². The van der Waals surface area contributed by atoms with Crippen LogP contribution in [-0.2, 0) is 4.79 Å². The number of halogens is 3. The van der Waals surface area contributed by atoms with Gasteiger partial charge >= 0.3 is 0 Å². The summed E-state index contributed by atoms with van der Waals surface area (Å²) in [7, 11) is 0. The highest BCUT2D eigenvalue weighted by Gasteiger charge is 2.43. The zero-order valence-corrected chi connectivity index (χ0v) is 17.0. The number of nitrogens with one attached hydrogen (secondary N) is 2.